The molecule has 0 radical (unpaired) electrons. The van der Waals surface area contributed by atoms with Crippen LogP contribution in [-0.2, 0) is 25.6 Å². The van der Waals surface area contributed by atoms with Crippen LogP contribution in [0.15, 0.2) is 78.9 Å². The van der Waals surface area contributed by atoms with Crippen molar-refractivity contribution in [2.24, 2.45) is 0 Å². The molecule has 40 heavy (non-hydrogen) atoms. The van der Waals surface area contributed by atoms with Crippen LogP contribution in [0.5, 0.6) is 0 Å². The van der Waals surface area contributed by atoms with Crippen LogP contribution < -0.4 is 0 Å². The number of aliphatic hydroxyl groups is 1. The molecule has 1 saturated heterocycles. The Morgan fingerprint density at radius 1 is 0.725 bits per heavy atom. The van der Waals surface area contributed by atoms with Crippen LogP contribution in [0.25, 0.3) is 0 Å². The summed E-state index contributed by atoms with van der Waals surface area (Å²) in [6, 6.07) is 20.4. The lowest BCUT2D eigenvalue weighted by Crippen LogP contribution is -2.55. The van der Waals surface area contributed by atoms with Crippen molar-refractivity contribution in [2.45, 2.75) is 18.4 Å². The maximum atomic E-state index is 9.55. The van der Waals surface area contributed by atoms with Gasteiger partial charge in [0, 0.05) is 69.0 Å². The van der Waals surface area contributed by atoms with E-state index < -0.39 is 23.9 Å². The molecule has 214 valence electrons. The summed E-state index contributed by atoms with van der Waals surface area (Å²) < 4.78 is 0. The Bertz CT molecular complexity index is 1130. The second-order valence-corrected chi connectivity index (χ2v) is 8.98. The molecule has 2 aromatic carbocycles. The van der Waals surface area contributed by atoms with Gasteiger partial charge in [0.25, 0.3) is 0 Å². The largest absolute Gasteiger partial charge is 0.478 e. The molecular formula is C29H34N2O9. The Balaban J connectivity index is 0.000000290. The summed E-state index contributed by atoms with van der Waals surface area (Å²) in [6.45, 7) is 5.37. The van der Waals surface area contributed by atoms with Gasteiger partial charge in [-0.1, -0.05) is 54.6 Å². The van der Waals surface area contributed by atoms with Crippen molar-refractivity contribution < 1.29 is 44.7 Å². The third kappa shape index (κ3) is 10.8. The molecule has 2 aliphatic heterocycles. The number of hydrogen-bond donors (Lipinski definition) is 5. The van der Waals surface area contributed by atoms with Crippen molar-refractivity contribution in [1.29, 1.82) is 0 Å². The first-order valence-electron chi connectivity index (χ1n) is 12.6. The molecular weight excluding hydrogens is 520 g/mol. The Labute approximate surface area is 231 Å². The van der Waals surface area contributed by atoms with Crippen LogP contribution in [0.2, 0.25) is 0 Å². The summed E-state index contributed by atoms with van der Waals surface area (Å²) in [5.74, 6) is -4.62. The van der Waals surface area contributed by atoms with Crippen molar-refractivity contribution >= 4 is 23.9 Å². The monoisotopic (exact) mass is 554 g/mol. The number of fused-ring (bicyclic) bond motifs is 2. The van der Waals surface area contributed by atoms with Crippen molar-refractivity contribution in [2.75, 3.05) is 39.3 Å². The number of hydrogen-bond acceptors (Lipinski definition) is 7. The lowest BCUT2D eigenvalue weighted by atomic mass is 9.82. The molecule has 0 spiro atoms. The topological polar surface area (TPSA) is 176 Å². The first-order chi connectivity index (χ1) is 19.1. The van der Waals surface area contributed by atoms with Gasteiger partial charge in [-0.05, 0) is 23.1 Å². The summed E-state index contributed by atoms with van der Waals surface area (Å²) in [5, 5.41) is 40.6. The highest BCUT2D eigenvalue weighted by molar-refractivity contribution is 5.90. The van der Waals surface area contributed by atoms with E-state index in [2.05, 4.69) is 64.4 Å². The van der Waals surface area contributed by atoms with Crippen molar-refractivity contribution in [3.63, 3.8) is 0 Å². The van der Waals surface area contributed by atoms with E-state index in [4.69, 9.17) is 20.4 Å². The highest BCUT2D eigenvalue weighted by Crippen LogP contribution is 2.37. The lowest BCUT2D eigenvalue weighted by molar-refractivity contribution is -0.134. The van der Waals surface area contributed by atoms with Gasteiger partial charge in [0.15, 0.2) is 0 Å². The molecule has 0 aromatic heterocycles. The minimum atomic E-state index is -1.26. The minimum absolute atomic E-state index is 0.249. The number of piperazine rings is 1. The lowest BCUT2D eigenvalue weighted by Gasteiger charge is -2.44. The van der Waals surface area contributed by atoms with Gasteiger partial charge in [0.1, 0.15) is 0 Å². The van der Waals surface area contributed by atoms with E-state index in [1.165, 1.54) is 16.7 Å². The number of β-amino-alcohol motifs (C(OH)–C–C–N with tert-alkyl or cyclic N) is 1. The van der Waals surface area contributed by atoms with Gasteiger partial charge in [-0.2, -0.15) is 0 Å². The van der Waals surface area contributed by atoms with Crippen LogP contribution in [0, 0.1) is 0 Å². The van der Waals surface area contributed by atoms with Gasteiger partial charge in [-0.3, -0.25) is 9.80 Å². The number of carboxylic acids is 4. The molecule has 2 atom stereocenters. The fraction of sp³-hybridized carbons (Fsp3) is 0.310. The molecule has 0 aliphatic carbocycles. The smallest absolute Gasteiger partial charge is 0.328 e. The summed E-state index contributed by atoms with van der Waals surface area (Å²) in [5.41, 5.74) is 4.39. The highest BCUT2D eigenvalue weighted by atomic mass is 16.4. The summed E-state index contributed by atoms with van der Waals surface area (Å²) in [6.07, 6.45) is 3.37. The normalized spacial score (nSPS) is 18.7. The standard InChI is InChI=1S/C21H26N2O.2C4H4O4/c24-15-14-22-12-13-23-11-10-17-6-4-5-9-19(17)21(20(23)16-22)18-7-2-1-3-8-18;2*5-3(6)1-2-4(7)8/h1-9,20-21,24H,10-16H2;2*1-2H,(H,5,6)(H,7,8)/b;2*2-1+. The Kier molecular flexibility index (Phi) is 13.2. The maximum Gasteiger partial charge on any atom is 0.328 e. The first kappa shape index (κ1) is 31.9. The number of nitrogens with zero attached hydrogens (tertiary/aromatic N) is 2. The predicted molar refractivity (Wildman–Crippen MR) is 146 cm³/mol. The second-order valence-electron chi connectivity index (χ2n) is 8.98. The third-order valence-corrected chi connectivity index (χ3v) is 6.37. The number of aliphatic hydroxyl groups excluding tert-OH is 1. The molecule has 2 heterocycles. The summed E-state index contributed by atoms with van der Waals surface area (Å²) >= 11 is 0. The number of carbonyl (C=O) groups is 4. The van der Waals surface area contributed by atoms with E-state index in [1.54, 1.807) is 0 Å². The zero-order valence-electron chi connectivity index (χ0n) is 21.9. The molecule has 11 heteroatoms. The van der Waals surface area contributed by atoms with Gasteiger partial charge < -0.3 is 25.5 Å². The number of benzene rings is 2. The molecule has 5 N–H and O–H groups in total. The average Bonchev–Trinajstić information content (AvgIpc) is 3.09. The van der Waals surface area contributed by atoms with Crippen LogP contribution in [0.4, 0.5) is 0 Å². The number of carboxylic acid groups (broad SMARTS) is 4. The van der Waals surface area contributed by atoms with E-state index in [9.17, 15) is 24.3 Å². The third-order valence-electron chi connectivity index (χ3n) is 6.37. The highest BCUT2D eigenvalue weighted by Gasteiger charge is 2.37. The molecule has 0 bridgehead atoms. The summed E-state index contributed by atoms with van der Waals surface area (Å²) in [7, 11) is 0. The Morgan fingerprint density at radius 2 is 1.25 bits per heavy atom. The molecule has 0 amide bonds. The molecule has 2 aliphatic rings. The molecule has 0 saturated carbocycles. The fourth-order valence-electron chi connectivity index (χ4n) is 4.73. The zero-order chi connectivity index (χ0) is 29.5. The SMILES string of the molecule is O=C(O)/C=C/C(=O)O.O=C(O)/C=C/C(=O)O.OCCN1CCN2CCc3ccccc3C(c3ccccc3)C2C1. The molecule has 1 fully saturated rings. The Morgan fingerprint density at radius 3 is 1.77 bits per heavy atom. The van der Waals surface area contributed by atoms with Crippen molar-refractivity contribution in [1.82, 2.24) is 9.80 Å². The Hall–Kier alpha value is -4.32. The van der Waals surface area contributed by atoms with Crippen molar-refractivity contribution in [3.05, 3.63) is 95.6 Å². The predicted octanol–water partition coefficient (Wildman–Crippen LogP) is 1.78. The average molecular weight is 555 g/mol. The molecule has 11 nitrogen and oxygen atoms in total. The van der Waals surface area contributed by atoms with E-state index in [-0.39, 0.29) is 6.61 Å². The molecule has 2 aromatic rings. The van der Waals surface area contributed by atoms with Gasteiger partial charge in [0.05, 0.1) is 6.61 Å². The maximum absolute atomic E-state index is 9.55. The van der Waals surface area contributed by atoms with E-state index in [0.717, 1.165) is 39.1 Å². The van der Waals surface area contributed by atoms with E-state index in [1.807, 2.05) is 0 Å². The summed E-state index contributed by atoms with van der Waals surface area (Å²) in [4.78, 5) is 43.3. The quantitative estimate of drug-likeness (QED) is 0.315. The van der Waals surface area contributed by atoms with Gasteiger partial charge in [-0.25, -0.2) is 19.2 Å². The zero-order valence-corrected chi connectivity index (χ0v) is 21.9. The van der Waals surface area contributed by atoms with Gasteiger partial charge in [-0.15, -0.1) is 0 Å². The second kappa shape index (κ2) is 16.6. The van der Waals surface area contributed by atoms with E-state index >= 15 is 0 Å². The number of aliphatic carboxylic acids is 4. The van der Waals surface area contributed by atoms with Gasteiger partial charge in [0.2, 0.25) is 0 Å². The van der Waals surface area contributed by atoms with Crippen molar-refractivity contribution in [3.8, 4) is 0 Å². The van der Waals surface area contributed by atoms with E-state index in [0.29, 0.717) is 36.3 Å². The molecule has 2 unspecified atom stereocenters. The van der Waals surface area contributed by atoms with Gasteiger partial charge >= 0.3 is 23.9 Å². The first-order valence-corrected chi connectivity index (χ1v) is 12.6. The minimum Gasteiger partial charge on any atom is -0.478 e. The van der Waals surface area contributed by atoms with Crippen LogP contribution in [0.1, 0.15) is 22.6 Å². The van der Waals surface area contributed by atoms with Crippen LogP contribution >= 0.6 is 0 Å². The van der Waals surface area contributed by atoms with Crippen LogP contribution in [-0.4, -0.2) is 105 Å². The number of rotatable bonds is 7. The fourth-order valence-corrected chi connectivity index (χ4v) is 4.73. The molecule has 4 rings (SSSR count). The van der Waals surface area contributed by atoms with Crippen LogP contribution in [0.3, 0.4) is 0 Å².